The molecule has 0 atom stereocenters. The van der Waals surface area contributed by atoms with Crippen LogP contribution in [0, 0.1) is 0 Å². The van der Waals surface area contributed by atoms with Crippen LogP contribution in [0.15, 0.2) is 200 Å². The summed E-state index contributed by atoms with van der Waals surface area (Å²) in [6.45, 7) is 0. The van der Waals surface area contributed by atoms with Crippen LogP contribution in [0.2, 0.25) is 0 Å². The monoisotopic (exact) mass is 663 g/mol. The number of rotatable bonds is 7. The molecule has 0 fully saturated rings. The lowest BCUT2D eigenvalue weighted by Crippen LogP contribution is -2.00. The zero-order chi connectivity index (χ0) is 34.7. The first-order chi connectivity index (χ1) is 25.7. The second kappa shape index (κ2) is 13.7. The molecule has 0 N–H and O–H groups in total. The zero-order valence-corrected chi connectivity index (χ0v) is 28.4. The topological polar surface area (TPSA) is 38.7 Å². The van der Waals surface area contributed by atoms with Crippen molar-refractivity contribution in [2.45, 2.75) is 0 Å². The molecule has 0 radical (unpaired) electrons. The van der Waals surface area contributed by atoms with E-state index in [4.69, 9.17) is 15.0 Å². The fraction of sp³-hybridized carbons (Fsp3) is 0. The molecule has 3 heteroatoms. The highest BCUT2D eigenvalue weighted by Crippen LogP contribution is 2.33. The van der Waals surface area contributed by atoms with Crippen molar-refractivity contribution in [1.82, 2.24) is 15.0 Å². The highest BCUT2D eigenvalue weighted by atomic mass is 15.0. The number of nitrogens with zero attached hydrogens (tertiary/aromatic N) is 3. The van der Waals surface area contributed by atoms with Gasteiger partial charge in [-0.1, -0.05) is 170 Å². The Hall–Kier alpha value is -6.97. The Morgan fingerprint density at radius 2 is 0.462 bits per heavy atom. The summed E-state index contributed by atoms with van der Waals surface area (Å²) in [5, 5.41) is 2.41. The number of benzene rings is 8. The molecule has 244 valence electrons. The van der Waals surface area contributed by atoms with Gasteiger partial charge < -0.3 is 0 Å². The van der Waals surface area contributed by atoms with E-state index >= 15 is 0 Å². The van der Waals surface area contributed by atoms with Gasteiger partial charge in [0.2, 0.25) is 0 Å². The minimum atomic E-state index is 0.630. The van der Waals surface area contributed by atoms with Crippen LogP contribution >= 0.6 is 0 Å². The quantitative estimate of drug-likeness (QED) is 0.170. The third-order valence-electron chi connectivity index (χ3n) is 9.49. The van der Waals surface area contributed by atoms with Crippen molar-refractivity contribution >= 4 is 10.8 Å². The van der Waals surface area contributed by atoms with Crippen molar-refractivity contribution in [3.63, 3.8) is 0 Å². The van der Waals surface area contributed by atoms with E-state index in [1.807, 2.05) is 12.1 Å². The Morgan fingerprint density at radius 1 is 0.192 bits per heavy atom. The summed E-state index contributed by atoms with van der Waals surface area (Å²) in [5.41, 5.74) is 12.0. The summed E-state index contributed by atoms with van der Waals surface area (Å²) in [6.07, 6.45) is 0. The standard InChI is InChI=1S/C49H33N3/c1-4-13-34(14-5-1)37-19-10-22-44(31-37)47-50-48(45-23-11-20-38(32-45)35-15-6-2-7-16-35)52-49(51-47)46-24-12-21-39(33-46)41-27-28-42-29-40(25-26-43(42)30-41)36-17-8-3-9-18-36/h1-33H. The van der Waals surface area contributed by atoms with E-state index in [0.29, 0.717) is 17.5 Å². The third kappa shape index (κ3) is 6.39. The molecule has 0 spiro atoms. The van der Waals surface area contributed by atoms with Gasteiger partial charge in [0.25, 0.3) is 0 Å². The first-order valence-electron chi connectivity index (χ1n) is 17.5. The lowest BCUT2D eigenvalue weighted by molar-refractivity contribution is 1.07. The molecule has 0 saturated heterocycles. The van der Waals surface area contributed by atoms with E-state index in [0.717, 1.165) is 50.1 Å². The maximum atomic E-state index is 5.12. The van der Waals surface area contributed by atoms with E-state index in [-0.39, 0.29) is 0 Å². The molecule has 0 aliphatic heterocycles. The average molecular weight is 664 g/mol. The number of fused-ring (bicyclic) bond motifs is 1. The highest BCUT2D eigenvalue weighted by molar-refractivity contribution is 5.91. The Labute approximate surface area is 303 Å². The van der Waals surface area contributed by atoms with Gasteiger partial charge in [0.1, 0.15) is 0 Å². The molecule has 0 saturated carbocycles. The van der Waals surface area contributed by atoms with Gasteiger partial charge in [-0.15, -0.1) is 0 Å². The molecule has 3 nitrogen and oxygen atoms in total. The van der Waals surface area contributed by atoms with Crippen molar-refractivity contribution < 1.29 is 0 Å². The van der Waals surface area contributed by atoms with Crippen LogP contribution < -0.4 is 0 Å². The van der Waals surface area contributed by atoms with Crippen LogP contribution in [-0.2, 0) is 0 Å². The van der Waals surface area contributed by atoms with Gasteiger partial charge in [-0.25, -0.2) is 15.0 Å². The first-order valence-corrected chi connectivity index (χ1v) is 17.5. The van der Waals surface area contributed by atoms with Gasteiger partial charge in [0.05, 0.1) is 0 Å². The van der Waals surface area contributed by atoms with E-state index in [9.17, 15) is 0 Å². The Kier molecular flexibility index (Phi) is 8.20. The van der Waals surface area contributed by atoms with Crippen molar-refractivity contribution in [3.8, 4) is 78.7 Å². The summed E-state index contributed by atoms with van der Waals surface area (Å²) < 4.78 is 0. The Bertz CT molecular complexity index is 2570. The molecule has 8 aromatic carbocycles. The number of hydrogen-bond acceptors (Lipinski definition) is 3. The molecular weight excluding hydrogens is 631 g/mol. The van der Waals surface area contributed by atoms with Gasteiger partial charge in [-0.2, -0.15) is 0 Å². The Morgan fingerprint density at radius 3 is 0.827 bits per heavy atom. The highest BCUT2D eigenvalue weighted by Gasteiger charge is 2.15. The molecule has 0 bridgehead atoms. The maximum absolute atomic E-state index is 5.12. The van der Waals surface area contributed by atoms with Gasteiger partial charge >= 0.3 is 0 Å². The van der Waals surface area contributed by atoms with Gasteiger partial charge in [-0.05, 0) is 85.6 Å². The number of hydrogen-bond donors (Lipinski definition) is 0. The van der Waals surface area contributed by atoms with Crippen LogP contribution in [0.1, 0.15) is 0 Å². The molecule has 9 aromatic rings. The molecule has 0 amide bonds. The third-order valence-corrected chi connectivity index (χ3v) is 9.49. The van der Waals surface area contributed by atoms with Crippen molar-refractivity contribution in [2.24, 2.45) is 0 Å². The summed E-state index contributed by atoms with van der Waals surface area (Å²) >= 11 is 0. The number of aromatic nitrogens is 3. The summed E-state index contributed by atoms with van der Waals surface area (Å²) in [7, 11) is 0. The summed E-state index contributed by atoms with van der Waals surface area (Å²) in [5.74, 6) is 1.90. The smallest absolute Gasteiger partial charge is 0.164 e. The second-order valence-corrected chi connectivity index (χ2v) is 12.9. The molecule has 1 aromatic heterocycles. The van der Waals surface area contributed by atoms with Crippen LogP contribution in [0.3, 0.4) is 0 Å². The molecule has 0 aliphatic carbocycles. The van der Waals surface area contributed by atoms with Crippen molar-refractivity contribution in [3.05, 3.63) is 200 Å². The molecule has 9 rings (SSSR count). The fourth-order valence-corrected chi connectivity index (χ4v) is 6.77. The van der Waals surface area contributed by atoms with E-state index < -0.39 is 0 Å². The van der Waals surface area contributed by atoms with Crippen LogP contribution in [0.5, 0.6) is 0 Å². The fourth-order valence-electron chi connectivity index (χ4n) is 6.77. The van der Waals surface area contributed by atoms with Crippen molar-refractivity contribution in [1.29, 1.82) is 0 Å². The van der Waals surface area contributed by atoms with Crippen LogP contribution in [0.4, 0.5) is 0 Å². The summed E-state index contributed by atoms with van der Waals surface area (Å²) in [4.78, 5) is 15.3. The molecule has 0 unspecified atom stereocenters. The first kappa shape index (κ1) is 31.0. The zero-order valence-electron chi connectivity index (χ0n) is 28.4. The maximum Gasteiger partial charge on any atom is 0.164 e. The van der Waals surface area contributed by atoms with E-state index in [1.54, 1.807) is 0 Å². The van der Waals surface area contributed by atoms with E-state index in [2.05, 4.69) is 188 Å². The minimum absolute atomic E-state index is 0.630. The SMILES string of the molecule is c1ccc(-c2cccc(-c3nc(-c4cccc(-c5ccccc5)c4)nc(-c4cccc(-c5ccc6cc(-c7ccccc7)ccc6c5)c4)n3)c2)cc1. The average Bonchev–Trinajstić information content (AvgIpc) is 3.24. The predicted molar refractivity (Wildman–Crippen MR) is 215 cm³/mol. The predicted octanol–water partition coefficient (Wildman–Crippen LogP) is 12.7. The molecule has 0 aliphatic rings. The molecule has 1 heterocycles. The molecule has 52 heavy (non-hydrogen) atoms. The minimum Gasteiger partial charge on any atom is -0.208 e. The van der Waals surface area contributed by atoms with Gasteiger partial charge in [0, 0.05) is 16.7 Å². The van der Waals surface area contributed by atoms with Gasteiger partial charge in [-0.3, -0.25) is 0 Å². The van der Waals surface area contributed by atoms with Crippen LogP contribution in [0.25, 0.3) is 89.4 Å². The molecular formula is C49H33N3. The van der Waals surface area contributed by atoms with Crippen LogP contribution in [-0.4, -0.2) is 15.0 Å². The lowest BCUT2D eigenvalue weighted by Gasteiger charge is -2.12. The van der Waals surface area contributed by atoms with E-state index in [1.165, 1.54) is 21.9 Å². The normalized spacial score (nSPS) is 11.1. The Balaban J connectivity index is 1.14. The summed E-state index contributed by atoms with van der Waals surface area (Å²) in [6, 6.07) is 70.0. The second-order valence-electron chi connectivity index (χ2n) is 12.9. The lowest BCUT2D eigenvalue weighted by atomic mass is 9.97. The largest absolute Gasteiger partial charge is 0.208 e. The van der Waals surface area contributed by atoms with Crippen molar-refractivity contribution in [2.75, 3.05) is 0 Å². The van der Waals surface area contributed by atoms with Gasteiger partial charge in [0.15, 0.2) is 17.5 Å².